The van der Waals surface area contributed by atoms with E-state index in [-0.39, 0.29) is 0 Å². The van der Waals surface area contributed by atoms with Crippen LogP contribution in [-0.4, -0.2) is 175 Å². The van der Waals surface area contributed by atoms with Crippen LogP contribution in [0.5, 0.6) is 0 Å². The van der Waals surface area contributed by atoms with Crippen molar-refractivity contribution in [3.63, 3.8) is 0 Å². The van der Waals surface area contributed by atoms with Gasteiger partial charge in [-0.25, -0.2) is 0 Å². The molecule has 0 radical (unpaired) electrons. The fourth-order valence-corrected chi connectivity index (χ4v) is 15.8. The van der Waals surface area contributed by atoms with Crippen LogP contribution >= 0.6 is 0 Å². The highest BCUT2D eigenvalue weighted by Gasteiger charge is 2.30. The van der Waals surface area contributed by atoms with Crippen LogP contribution in [0.1, 0.15) is 169 Å². The number of hydrogen-bond acceptors (Lipinski definition) is 6. The van der Waals surface area contributed by atoms with E-state index in [1.807, 2.05) is 12.2 Å². The average Bonchev–Trinajstić information content (AvgIpc) is 1.47. The Morgan fingerprint density at radius 3 is 0.919 bits per heavy atom. The number of fused-ring (bicyclic) bond motifs is 6. The first-order valence-electron chi connectivity index (χ1n) is 42.8. The zero-order valence-corrected chi connectivity index (χ0v) is 70.9. The van der Waals surface area contributed by atoms with E-state index in [1.54, 1.807) is 0 Å². The molecule has 0 amide bonds. The second-order valence-electron chi connectivity index (χ2n) is 33.4. The smallest absolute Gasteiger partial charge is 0.0456 e. The Morgan fingerprint density at radius 1 is 0.324 bits per heavy atom. The van der Waals surface area contributed by atoms with Gasteiger partial charge < -0.3 is 44.6 Å². The second kappa shape index (κ2) is 45.5. The quantitative estimate of drug-likeness (QED) is 0.0216. The van der Waals surface area contributed by atoms with Gasteiger partial charge in [-0.2, -0.15) is 0 Å². The summed E-state index contributed by atoms with van der Waals surface area (Å²) >= 11 is 0. The standard InChI is InChI=1S/C17H24N2.2C17H26N2.3C16H22N2/c1-13(2)19(12-14-7-8-14)10-9-15-11-18-17-6-4-3-5-16(15)17;1-13(2)12-19(14(3)4)10-9-15-11-18-17-8-6-5-7-16(15)17;1-4-10-19(13-14(2)3)11-9-15-12-18-17-8-6-5-7-16(15)17;1-12(2)18(14-7-8-14)10-9-13-11-17-16-6-4-3-5-15(13)16;1-4-10-18(13(2)3)11-9-14-12-17-16-8-6-5-7-15(14)16;1-3-10-18(11-4-2)12-9-14-13-17-16-8-6-5-7-15(14)16/h3-6,11,13-14,18H,7-10,12H2,1-2H3;5-8,11,13-14,18H,9-10,12H2,1-4H3;5-8,12,14,18H,4,9-11,13H2,1-3H3;3-6,11-12,14,17H,7-10H2,1-2H3;4-8,12-13,17H,1,9-11H2,2-3H3;3,5-8,13,17H,1,4,9-12H2,2H3. The lowest BCUT2D eigenvalue weighted by Crippen LogP contribution is -2.35. The zero-order chi connectivity index (χ0) is 79.0. The van der Waals surface area contributed by atoms with Crippen molar-refractivity contribution in [1.29, 1.82) is 0 Å². The molecule has 6 aromatic heterocycles. The summed E-state index contributed by atoms with van der Waals surface area (Å²) in [7, 11) is 0. The van der Waals surface area contributed by atoms with E-state index >= 15 is 0 Å². The molecule has 2 aliphatic rings. The number of nitrogens with one attached hydrogen (secondary N) is 6. The van der Waals surface area contributed by atoms with Crippen molar-refractivity contribution < 1.29 is 0 Å². The van der Waals surface area contributed by atoms with Crippen LogP contribution in [0.15, 0.2) is 208 Å². The Labute approximate surface area is 669 Å². The van der Waals surface area contributed by atoms with Crippen LogP contribution in [0.2, 0.25) is 0 Å². The van der Waals surface area contributed by atoms with Gasteiger partial charge in [0.15, 0.2) is 0 Å². The Balaban J connectivity index is 0.000000153. The fraction of sp³-hybridized carbons (Fsp3) is 0.475. The Kier molecular flexibility index (Phi) is 35.6. The van der Waals surface area contributed by atoms with Gasteiger partial charge in [0, 0.05) is 205 Å². The molecule has 2 saturated carbocycles. The minimum absolute atomic E-state index is 0.563. The SMILES string of the molecule is C=CCN(CCC)CCc1c[nH]c2ccccc12.C=CCN(CCc1c[nH]c2ccccc12)C(C)C.CC(C)CN(CCc1c[nH]c2ccccc12)C(C)C.CC(C)N(CCc1c[nH]c2ccccc12)C1CC1.CC(C)N(CCc1c[nH]c2ccccc12)CC1CC1.CCCN(CCc1c[nH]c2ccccc12)CC(C)C. The predicted molar refractivity (Wildman–Crippen MR) is 483 cm³/mol. The summed E-state index contributed by atoms with van der Waals surface area (Å²) in [5, 5.41) is 8.22. The van der Waals surface area contributed by atoms with Crippen molar-refractivity contribution >= 4 is 65.4 Å². The van der Waals surface area contributed by atoms with Gasteiger partial charge in [0.2, 0.25) is 0 Å². The zero-order valence-electron chi connectivity index (χ0n) is 70.9. The van der Waals surface area contributed by atoms with E-state index in [0.717, 1.165) is 108 Å². The molecule has 6 aromatic carbocycles. The van der Waals surface area contributed by atoms with Crippen LogP contribution in [0, 0.1) is 17.8 Å². The monoisotopic (exact) mass is 1500 g/mol. The summed E-state index contributed by atoms with van der Waals surface area (Å²) in [5.74, 6) is 2.45. The Morgan fingerprint density at radius 2 is 0.622 bits per heavy atom. The van der Waals surface area contributed by atoms with Crippen molar-refractivity contribution in [2.75, 3.05) is 85.1 Å². The summed E-state index contributed by atoms with van der Waals surface area (Å²) in [6.45, 7) is 54.4. The average molecular weight is 1500 g/mol. The molecule has 6 heterocycles. The first-order chi connectivity index (χ1) is 53.8. The molecule has 598 valence electrons. The van der Waals surface area contributed by atoms with Gasteiger partial charge in [-0.1, -0.05) is 163 Å². The summed E-state index contributed by atoms with van der Waals surface area (Å²) in [5.41, 5.74) is 16.1. The number of H-pyrrole nitrogens is 6. The molecule has 14 rings (SSSR count). The highest BCUT2D eigenvalue weighted by Crippen LogP contribution is 2.32. The minimum Gasteiger partial charge on any atom is -0.361 e. The summed E-state index contributed by atoms with van der Waals surface area (Å²) < 4.78 is 0. The van der Waals surface area contributed by atoms with Gasteiger partial charge in [0.25, 0.3) is 0 Å². The number of aromatic nitrogens is 6. The number of nitrogens with zero attached hydrogens (tertiary/aromatic N) is 6. The lowest BCUT2D eigenvalue weighted by atomic mass is 10.1. The molecule has 2 aliphatic carbocycles. The molecular formula is C99H142N12. The second-order valence-corrected chi connectivity index (χ2v) is 33.4. The Hall–Kier alpha value is -8.20. The third-order valence-corrected chi connectivity index (χ3v) is 22.2. The molecule has 2 fully saturated rings. The maximum Gasteiger partial charge on any atom is 0.0456 e. The summed E-state index contributed by atoms with van der Waals surface area (Å²) in [6, 6.07) is 54.7. The first kappa shape index (κ1) is 86.8. The third-order valence-electron chi connectivity index (χ3n) is 22.2. The highest BCUT2D eigenvalue weighted by molar-refractivity contribution is 5.86. The molecular weight excluding hydrogens is 1360 g/mol. The van der Waals surface area contributed by atoms with E-state index < -0.39 is 0 Å². The van der Waals surface area contributed by atoms with E-state index in [0.29, 0.717) is 24.2 Å². The lowest BCUT2D eigenvalue weighted by molar-refractivity contribution is 0.200. The van der Waals surface area contributed by atoms with Gasteiger partial charge in [0.05, 0.1) is 0 Å². The molecule has 12 nitrogen and oxygen atoms in total. The van der Waals surface area contributed by atoms with Gasteiger partial charge in [-0.15, -0.1) is 13.2 Å². The van der Waals surface area contributed by atoms with Gasteiger partial charge in [-0.3, -0.25) is 14.7 Å². The van der Waals surface area contributed by atoms with Crippen molar-refractivity contribution in [3.8, 4) is 0 Å². The highest BCUT2D eigenvalue weighted by atomic mass is 15.2. The van der Waals surface area contributed by atoms with E-state index in [2.05, 4.69) is 352 Å². The predicted octanol–water partition coefficient (Wildman–Crippen LogP) is 22.8. The van der Waals surface area contributed by atoms with Gasteiger partial charge >= 0.3 is 0 Å². The number of aromatic amines is 6. The number of benzene rings is 6. The van der Waals surface area contributed by atoms with Gasteiger partial charge in [-0.05, 0) is 233 Å². The van der Waals surface area contributed by atoms with Crippen molar-refractivity contribution in [2.45, 2.75) is 204 Å². The van der Waals surface area contributed by atoms with Crippen LogP contribution in [0.25, 0.3) is 65.4 Å². The lowest BCUT2D eigenvalue weighted by Gasteiger charge is -2.28. The van der Waals surface area contributed by atoms with Crippen LogP contribution in [0.3, 0.4) is 0 Å². The summed E-state index contributed by atoms with van der Waals surface area (Å²) in [6.07, 6.45) is 31.8. The van der Waals surface area contributed by atoms with Gasteiger partial charge in [0.1, 0.15) is 0 Å². The fourth-order valence-electron chi connectivity index (χ4n) is 15.8. The number of para-hydroxylation sites is 6. The number of hydrogen-bond donors (Lipinski definition) is 6. The molecule has 12 aromatic rings. The molecule has 0 aliphatic heterocycles. The maximum absolute atomic E-state index is 3.83. The molecule has 0 bridgehead atoms. The van der Waals surface area contributed by atoms with Crippen molar-refractivity contribution in [2.24, 2.45) is 17.8 Å². The largest absolute Gasteiger partial charge is 0.361 e. The van der Waals surface area contributed by atoms with Crippen LogP contribution in [0.4, 0.5) is 0 Å². The minimum atomic E-state index is 0.563. The van der Waals surface area contributed by atoms with Crippen molar-refractivity contribution in [1.82, 2.24) is 59.3 Å². The van der Waals surface area contributed by atoms with E-state index in [1.165, 1.54) is 177 Å². The molecule has 0 saturated heterocycles. The molecule has 0 atom stereocenters. The normalized spacial score (nSPS) is 13.1. The van der Waals surface area contributed by atoms with Crippen LogP contribution < -0.4 is 0 Å². The van der Waals surface area contributed by atoms with Crippen molar-refractivity contribution in [3.05, 3.63) is 241 Å². The number of rotatable bonds is 37. The maximum atomic E-state index is 3.83. The first-order valence-corrected chi connectivity index (χ1v) is 42.8. The third kappa shape index (κ3) is 27.6. The van der Waals surface area contributed by atoms with Crippen LogP contribution in [-0.2, 0) is 38.5 Å². The topological polar surface area (TPSA) is 114 Å². The Bertz CT molecular complexity index is 4480. The molecule has 12 heteroatoms. The molecule has 111 heavy (non-hydrogen) atoms. The summed E-state index contributed by atoms with van der Waals surface area (Å²) in [4.78, 5) is 35.5. The molecule has 0 spiro atoms. The molecule has 6 N–H and O–H groups in total. The molecule has 0 unspecified atom stereocenters. The van der Waals surface area contributed by atoms with E-state index in [9.17, 15) is 0 Å². The van der Waals surface area contributed by atoms with E-state index in [4.69, 9.17) is 0 Å².